The Balaban J connectivity index is 2.29. The fourth-order valence-corrected chi connectivity index (χ4v) is 1.91. The topological polar surface area (TPSA) is 54.9 Å². The molecule has 0 fully saturated rings. The first-order valence-electron chi connectivity index (χ1n) is 4.55. The van der Waals surface area contributed by atoms with Gasteiger partial charge in [-0.15, -0.1) is 16.7 Å². The Bertz CT molecular complexity index is 486. The number of hydrogen-bond acceptors (Lipinski definition) is 4. The first-order valence-corrected chi connectivity index (χ1v) is 5.85. The number of nitrogens with zero attached hydrogens (tertiary/aromatic N) is 2. The molecule has 1 aromatic carbocycles. The van der Waals surface area contributed by atoms with Crippen LogP contribution in [0.15, 0.2) is 30.3 Å². The van der Waals surface area contributed by atoms with Gasteiger partial charge in [0.1, 0.15) is 5.88 Å². The van der Waals surface area contributed by atoms with Gasteiger partial charge in [-0.2, -0.15) is 0 Å². The lowest BCUT2D eigenvalue weighted by molar-refractivity contribution is -0.113. The van der Waals surface area contributed by atoms with E-state index < -0.39 is 0 Å². The van der Waals surface area contributed by atoms with E-state index in [1.54, 1.807) is 0 Å². The van der Waals surface area contributed by atoms with Crippen LogP contribution >= 0.6 is 23.1 Å². The largest absolute Gasteiger partial charge is 0.307 e. The lowest BCUT2D eigenvalue weighted by Crippen LogP contribution is -2.13. The molecule has 0 atom stereocenters. The van der Waals surface area contributed by atoms with E-state index in [-0.39, 0.29) is 11.8 Å². The van der Waals surface area contributed by atoms with E-state index in [2.05, 4.69) is 14.9 Å². The molecule has 0 aliphatic carbocycles. The Morgan fingerprint density at radius 2 is 2.12 bits per heavy atom. The third-order valence-corrected chi connectivity index (χ3v) is 2.92. The van der Waals surface area contributed by atoms with Crippen LogP contribution in [0.5, 0.6) is 0 Å². The maximum Gasteiger partial charge on any atom is 0.240 e. The summed E-state index contributed by atoms with van der Waals surface area (Å²) in [7, 11) is 0. The first-order chi connectivity index (χ1) is 7.81. The molecule has 1 amide bonds. The molecular formula is C10H8ClN3OS. The predicted molar refractivity (Wildman–Crippen MR) is 64.7 cm³/mol. The molecule has 82 valence electrons. The third-order valence-electron chi connectivity index (χ3n) is 1.90. The lowest BCUT2D eigenvalue weighted by Gasteiger charge is -2.01. The number of alkyl halides is 1. The molecule has 1 aromatic heterocycles. The standard InChI is InChI=1S/C10H8ClN3OS/c11-6-8(15)12-10-9(16-14-13-10)7-4-2-1-3-5-7/h1-5H,6H2,(H,12,15). The molecule has 6 heteroatoms. The molecule has 0 radical (unpaired) electrons. The third kappa shape index (κ3) is 2.37. The summed E-state index contributed by atoms with van der Waals surface area (Å²) >= 11 is 6.65. The molecule has 1 heterocycles. The number of rotatable bonds is 3. The highest BCUT2D eigenvalue weighted by Crippen LogP contribution is 2.29. The second-order valence-corrected chi connectivity index (χ2v) is 4.02. The van der Waals surface area contributed by atoms with Gasteiger partial charge in [-0.25, -0.2) is 0 Å². The van der Waals surface area contributed by atoms with Crippen molar-refractivity contribution in [3.05, 3.63) is 30.3 Å². The SMILES string of the molecule is O=C(CCl)Nc1nnsc1-c1ccccc1. The number of anilines is 1. The Labute approximate surface area is 101 Å². The average molecular weight is 254 g/mol. The summed E-state index contributed by atoms with van der Waals surface area (Å²) in [4.78, 5) is 12.0. The van der Waals surface area contributed by atoms with Gasteiger partial charge in [0.25, 0.3) is 0 Å². The maximum absolute atomic E-state index is 11.2. The normalized spacial score (nSPS) is 10.1. The number of aromatic nitrogens is 2. The van der Waals surface area contributed by atoms with Gasteiger partial charge in [0.15, 0.2) is 5.82 Å². The van der Waals surface area contributed by atoms with Crippen molar-refractivity contribution in [2.24, 2.45) is 0 Å². The number of nitrogens with one attached hydrogen (secondary N) is 1. The van der Waals surface area contributed by atoms with Crippen LogP contribution in [-0.2, 0) is 4.79 Å². The van der Waals surface area contributed by atoms with E-state index in [0.29, 0.717) is 5.82 Å². The Morgan fingerprint density at radius 3 is 2.81 bits per heavy atom. The van der Waals surface area contributed by atoms with Crippen LogP contribution in [0.4, 0.5) is 5.82 Å². The molecule has 0 saturated heterocycles. The Kier molecular flexibility index (Phi) is 3.48. The van der Waals surface area contributed by atoms with E-state index in [9.17, 15) is 4.79 Å². The predicted octanol–water partition coefficient (Wildman–Crippen LogP) is 2.38. The van der Waals surface area contributed by atoms with Gasteiger partial charge >= 0.3 is 0 Å². The highest BCUT2D eigenvalue weighted by molar-refractivity contribution is 7.10. The molecular weight excluding hydrogens is 246 g/mol. The van der Waals surface area contributed by atoms with Crippen molar-refractivity contribution in [2.45, 2.75) is 0 Å². The number of carbonyl (C=O) groups excluding carboxylic acids is 1. The second kappa shape index (κ2) is 5.05. The summed E-state index contributed by atoms with van der Waals surface area (Å²) in [6.45, 7) is 0. The minimum absolute atomic E-state index is 0.0915. The second-order valence-electron chi connectivity index (χ2n) is 3.00. The summed E-state index contributed by atoms with van der Waals surface area (Å²) in [6, 6.07) is 9.64. The molecule has 0 unspecified atom stereocenters. The summed E-state index contributed by atoms with van der Waals surface area (Å²) in [5.74, 6) is 0.0829. The number of carbonyl (C=O) groups is 1. The monoisotopic (exact) mass is 253 g/mol. The molecule has 0 aliphatic rings. The summed E-state index contributed by atoms with van der Waals surface area (Å²) in [6.07, 6.45) is 0. The van der Waals surface area contributed by atoms with Gasteiger partial charge in [0.05, 0.1) is 4.88 Å². The number of halogens is 1. The van der Waals surface area contributed by atoms with E-state index in [0.717, 1.165) is 10.4 Å². The molecule has 0 spiro atoms. The van der Waals surface area contributed by atoms with Crippen molar-refractivity contribution in [3.63, 3.8) is 0 Å². The van der Waals surface area contributed by atoms with Crippen LogP contribution in [0.3, 0.4) is 0 Å². The van der Waals surface area contributed by atoms with Crippen LogP contribution in [0.1, 0.15) is 0 Å². The summed E-state index contributed by atoms with van der Waals surface area (Å²) in [5, 5.41) is 6.46. The Hall–Kier alpha value is -1.46. The zero-order valence-corrected chi connectivity index (χ0v) is 9.76. The molecule has 0 aliphatic heterocycles. The van der Waals surface area contributed by atoms with Crippen molar-refractivity contribution >= 4 is 34.9 Å². The first kappa shape index (κ1) is 11.0. The van der Waals surface area contributed by atoms with Gasteiger partial charge < -0.3 is 5.32 Å². The van der Waals surface area contributed by atoms with Crippen molar-refractivity contribution < 1.29 is 4.79 Å². The van der Waals surface area contributed by atoms with Crippen molar-refractivity contribution in [3.8, 4) is 10.4 Å². The van der Waals surface area contributed by atoms with E-state index in [1.165, 1.54) is 11.5 Å². The zero-order chi connectivity index (χ0) is 11.4. The van der Waals surface area contributed by atoms with Crippen LogP contribution in [0.25, 0.3) is 10.4 Å². The molecule has 4 nitrogen and oxygen atoms in total. The van der Waals surface area contributed by atoms with E-state index in [1.807, 2.05) is 30.3 Å². The average Bonchev–Trinajstić information content (AvgIpc) is 2.78. The molecule has 2 aromatic rings. The number of benzene rings is 1. The smallest absolute Gasteiger partial charge is 0.240 e. The zero-order valence-electron chi connectivity index (χ0n) is 8.18. The van der Waals surface area contributed by atoms with Gasteiger partial charge in [-0.1, -0.05) is 34.8 Å². The van der Waals surface area contributed by atoms with E-state index >= 15 is 0 Å². The fourth-order valence-electron chi connectivity index (χ4n) is 1.22. The lowest BCUT2D eigenvalue weighted by atomic mass is 10.2. The molecule has 2 rings (SSSR count). The Morgan fingerprint density at radius 1 is 1.38 bits per heavy atom. The van der Waals surface area contributed by atoms with Crippen LogP contribution in [0.2, 0.25) is 0 Å². The van der Waals surface area contributed by atoms with Crippen molar-refractivity contribution in [2.75, 3.05) is 11.2 Å². The van der Waals surface area contributed by atoms with Gasteiger partial charge in [0.2, 0.25) is 5.91 Å². The minimum atomic E-state index is -0.286. The van der Waals surface area contributed by atoms with Crippen molar-refractivity contribution in [1.82, 2.24) is 9.59 Å². The number of hydrogen-bond donors (Lipinski definition) is 1. The van der Waals surface area contributed by atoms with Gasteiger partial charge in [-0.05, 0) is 17.1 Å². The van der Waals surface area contributed by atoms with Crippen LogP contribution in [0, 0.1) is 0 Å². The quantitative estimate of drug-likeness (QED) is 0.855. The highest BCUT2D eigenvalue weighted by atomic mass is 35.5. The summed E-state index contributed by atoms with van der Waals surface area (Å²) < 4.78 is 3.82. The van der Waals surface area contributed by atoms with Gasteiger partial charge in [0, 0.05) is 0 Å². The minimum Gasteiger partial charge on any atom is -0.307 e. The molecule has 0 saturated carbocycles. The highest BCUT2D eigenvalue weighted by Gasteiger charge is 2.11. The molecule has 1 N–H and O–H groups in total. The van der Waals surface area contributed by atoms with Crippen LogP contribution in [-0.4, -0.2) is 21.4 Å². The molecule has 16 heavy (non-hydrogen) atoms. The van der Waals surface area contributed by atoms with E-state index in [4.69, 9.17) is 11.6 Å². The molecule has 0 bridgehead atoms. The summed E-state index contributed by atoms with van der Waals surface area (Å²) in [5.41, 5.74) is 0.974. The fraction of sp³-hybridized carbons (Fsp3) is 0.100. The van der Waals surface area contributed by atoms with Crippen LogP contribution < -0.4 is 5.32 Å². The maximum atomic E-state index is 11.2. The van der Waals surface area contributed by atoms with Gasteiger partial charge in [-0.3, -0.25) is 4.79 Å². The van der Waals surface area contributed by atoms with Crippen molar-refractivity contribution in [1.29, 1.82) is 0 Å². The number of amides is 1.